The third-order valence-corrected chi connectivity index (χ3v) is 6.19. The minimum atomic E-state index is -0.446. The van der Waals surface area contributed by atoms with Crippen LogP contribution in [0.15, 0.2) is 23.1 Å². The molecule has 1 fully saturated rings. The van der Waals surface area contributed by atoms with Crippen LogP contribution in [0.4, 0.5) is 15.8 Å². The molecule has 1 N–H and O–H groups in total. The predicted molar refractivity (Wildman–Crippen MR) is 105 cm³/mol. The molecule has 1 aromatic carbocycles. The molecule has 3 heterocycles. The molecule has 2 aliphatic heterocycles. The Balaban J connectivity index is 2.10. The Morgan fingerprint density at radius 1 is 1.35 bits per heavy atom. The summed E-state index contributed by atoms with van der Waals surface area (Å²) in [5.41, 5.74) is 2.32. The van der Waals surface area contributed by atoms with Gasteiger partial charge in [-0.1, -0.05) is 18.2 Å². The normalized spacial score (nSPS) is 23.0. The van der Waals surface area contributed by atoms with Crippen molar-refractivity contribution in [1.29, 1.82) is 0 Å². The number of pyridine rings is 1. The first-order chi connectivity index (χ1) is 12.2. The number of benzene rings is 1. The average molecular weight is 377 g/mol. The van der Waals surface area contributed by atoms with Gasteiger partial charge in [0, 0.05) is 47.8 Å². The fraction of sp³-hybridized carbons (Fsp3) is 0.421. The highest BCUT2D eigenvalue weighted by Gasteiger charge is 2.38. The van der Waals surface area contributed by atoms with Crippen LogP contribution in [0.25, 0.3) is 10.9 Å². The van der Waals surface area contributed by atoms with E-state index in [2.05, 4.69) is 35.7 Å². The highest BCUT2D eigenvalue weighted by Crippen LogP contribution is 2.42. The Bertz CT molecular complexity index is 1020. The van der Waals surface area contributed by atoms with E-state index in [1.54, 1.807) is 20.0 Å². The Labute approximate surface area is 156 Å². The Hall–Kier alpha value is -2.05. The zero-order valence-corrected chi connectivity index (χ0v) is 16.1. The number of anilines is 2. The molecule has 0 aliphatic carbocycles. The summed E-state index contributed by atoms with van der Waals surface area (Å²) in [6.07, 6.45) is 0. The Kier molecular flexibility index (Phi) is 3.82. The molecule has 2 unspecified atom stereocenters. The van der Waals surface area contributed by atoms with E-state index in [0.29, 0.717) is 27.7 Å². The number of nitrogens with one attached hydrogen (secondary N) is 1. The van der Waals surface area contributed by atoms with Gasteiger partial charge in [0.2, 0.25) is 0 Å². The molecule has 2 aliphatic rings. The predicted octanol–water partition coefficient (Wildman–Crippen LogP) is 3.09. The fourth-order valence-electron chi connectivity index (χ4n) is 4.02. The molecule has 4 rings (SSSR count). The minimum absolute atomic E-state index is 0.0159. The molecular formula is C19H22ClFN4O. The first kappa shape index (κ1) is 17.4. The average Bonchev–Trinajstić information content (AvgIpc) is 2.59. The maximum Gasteiger partial charge on any atom is 0.276 e. The van der Waals surface area contributed by atoms with Gasteiger partial charge in [-0.3, -0.25) is 9.69 Å². The maximum absolute atomic E-state index is 15.0. The van der Waals surface area contributed by atoms with Crippen LogP contribution in [0.1, 0.15) is 12.5 Å². The van der Waals surface area contributed by atoms with Crippen molar-refractivity contribution in [1.82, 2.24) is 9.47 Å². The number of rotatable bonds is 0. The van der Waals surface area contributed by atoms with Crippen molar-refractivity contribution >= 4 is 33.9 Å². The second-order valence-corrected chi connectivity index (χ2v) is 7.80. The summed E-state index contributed by atoms with van der Waals surface area (Å²) in [6, 6.07) is 2.08. The lowest BCUT2D eigenvalue weighted by Crippen LogP contribution is -2.59. The van der Waals surface area contributed by atoms with Crippen LogP contribution in [0.2, 0.25) is 5.02 Å². The number of aryl methyl sites for hydroxylation is 1. The largest absolute Gasteiger partial charge is 0.358 e. The van der Waals surface area contributed by atoms with Gasteiger partial charge in [0.05, 0.1) is 17.2 Å². The van der Waals surface area contributed by atoms with E-state index < -0.39 is 5.82 Å². The molecule has 138 valence electrons. The van der Waals surface area contributed by atoms with Gasteiger partial charge in [-0.15, -0.1) is 0 Å². The Morgan fingerprint density at radius 2 is 2.04 bits per heavy atom. The van der Waals surface area contributed by atoms with Crippen LogP contribution in [0, 0.1) is 12.7 Å². The summed E-state index contributed by atoms with van der Waals surface area (Å²) >= 11 is 6.29. The van der Waals surface area contributed by atoms with Gasteiger partial charge in [-0.2, -0.15) is 0 Å². The topological polar surface area (TPSA) is 40.5 Å². The fourth-order valence-corrected chi connectivity index (χ4v) is 4.21. The van der Waals surface area contributed by atoms with Gasteiger partial charge >= 0.3 is 0 Å². The molecule has 0 spiro atoms. The molecular weight excluding hydrogens is 355 g/mol. The van der Waals surface area contributed by atoms with Gasteiger partial charge in [-0.05, 0) is 27.0 Å². The first-order valence-corrected chi connectivity index (χ1v) is 9.04. The summed E-state index contributed by atoms with van der Waals surface area (Å²) in [7, 11) is 3.66. The lowest BCUT2D eigenvalue weighted by atomic mass is 9.98. The van der Waals surface area contributed by atoms with E-state index >= 15 is 4.39 Å². The van der Waals surface area contributed by atoms with E-state index in [0.717, 1.165) is 24.5 Å². The zero-order valence-electron chi connectivity index (χ0n) is 15.4. The third-order valence-electron chi connectivity index (χ3n) is 5.79. The maximum atomic E-state index is 15.0. The molecule has 0 amide bonds. The zero-order chi connectivity index (χ0) is 18.9. The number of nitrogens with zero attached hydrogens (tertiary/aromatic N) is 3. The van der Waals surface area contributed by atoms with E-state index in [9.17, 15) is 4.79 Å². The lowest BCUT2D eigenvalue weighted by molar-refractivity contribution is 0.210. The number of likely N-dealkylation sites (N-methyl/N-ethyl adjacent to an activating group) is 1. The molecule has 1 saturated heterocycles. The Morgan fingerprint density at radius 3 is 2.73 bits per heavy atom. The van der Waals surface area contributed by atoms with E-state index in [1.165, 1.54) is 4.57 Å². The van der Waals surface area contributed by atoms with E-state index in [-0.39, 0.29) is 17.1 Å². The summed E-state index contributed by atoms with van der Waals surface area (Å²) in [6.45, 7) is 9.41. The van der Waals surface area contributed by atoms with Gasteiger partial charge < -0.3 is 14.8 Å². The molecule has 5 nitrogen and oxygen atoms in total. The molecule has 0 bridgehead atoms. The van der Waals surface area contributed by atoms with Crippen molar-refractivity contribution in [3.63, 3.8) is 0 Å². The van der Waals surface area contributed by atoms with Gasteiger partial charge in [0.15, 0.2) is 5.82 Å². The highest BCUT2D eigenvalue weighted by molar-refractivity contribution is 6.32. The molecule has 1 aromatic heterocycles. The number of fused-ring (bicyclic) bond motifs is 5. The van der Waals surface area contributed by atoms with Crippen LogP contribution in [0.3, 0.4) is 0 Å². The van der Waals surface area contributed by atoms with Gasteiger partial charge in [0.25, 0.3) is 5.56 Å². The van der Waals surface area contributed by atoms with Crippen molar-refractivity contribution in [2.24, 2.45) is 7.05 Å². The molecule has 26 heavy (non-hydrogen) atoms. The highest BCUT2D eigenvalue weighted by atomic mass is 35.5. The SMILES string of the molecule is C=C1Nc2c(c3cc(Cl)c(C)c(F)c3n(C)c2=O)N2CC(C)N(C)CC12. The summed E-state index contributed by atoms with van der Waals surface area (Å²) in [5.74, 6) is -0.446. The standard InChI is InChI=1S/C19H22ClFN4O/c1-9-7-25-14(8-23(9)4)11(3)22-16-18(25)12-6-13(20)10(2)15(21)17(12)24(5)19(16)26/h6,9,14,22H,3,7-8H2,1-2,4-5H3. The number of aromatic nitrogens is 1. The van der Waals surface area contributed by atoms with Crippen molar-refractivity contribution in [2.75, 3.05) is 30.4 Å². The van der Waals surface area contributed by atoms with E-state index in [4.69, 9.17) is 11.6 Å². The number of hydrogen-bond acceptors (Lipinski definition) is 4. The summed E-state index contributed by atoms with van der Waals surface area (Å²) in [4.78, 5) is 17.4. The van der Waals surface area contributed by atoms with Crippen LogP contribution < -0.4 is 15.8 Å². The minimum Gasteiger partial charge on any atom is -0.358 e. The first-order valence-electron chi connectivity index (χ1n) is 8.66. The molecule has 0 saturated carbocycles. The summed E-state index contributed by atoms with van der Waals surface area (Å²) in [5, 5.41) is 4.20. The van der Waals surface area contributed by atoms with Crippen LogP contribution in [-0.4, -0.2) is 41.7 Å². The number of halogens is 2. The van der Waals surface area contributed by atoms with Crippen LogP contribution >= 0.6 is 11.6 Å². The van der Waals surface area contributed by atoms with Gasteiger partial charge in [0.1, 0.15) is 5.69 Å². The molecule has 0 radical (unpaired) electrons. The monoisotopic (exact) mass is 376 g/mol. The quantitative estimate of drug-likeness (QED) is 0.767. The van der Waals surface area contributed by atoms with Crippen molar-refractivity contribution < 1.29 is 4.39 Å². The lowest BCUT2D eigenvalue weighted by Gasteiger charge is -2.49. The van der Waals surface area contributed by atoms with Crippen molar-refractivity contribution in [3.05, 3.63) is 45.1 Å². The second kappa shape index (κ2) is 5.72. The van der Waals surface area contributed by atoms with E-state index in [1.807, 2.05) is 0 Å². The second-order valence-electron chi connectivity index (χ2n) is 7.39. The van der Waals surface area contributed by atoms with Crippen LogP contribution in [0.5, 0.6) is 0 Å². The van der Waals surface area contributed by atoms with Crippen molar-refractivity contribution in [2.45, 2.75) is 25.9 Å². The van der Waals surface area contributed by atoms with Gasteiger partial charge in [-0.25, -0.2) is 4.39 Å². The smallest absolute Gasteiger partial charge is 0.276 e. The third kappa shape index (κ3) is 2.21. The number of piperazine rings is 1. The van der Waals surface area contributed by atoms with Crippen molar-refractivity contribution in [3.8, 4) is 0 Å². The molecule has 2 aromatic rings. The molecule has 7 heteroatoms. The summed E-state index contributed by atoms with van der Waals surface area (Å²) < 4.78 is 16.4. The molecule has 2 atom stereocenters. The van der Waals surface area contributed by atoms with Crippen LogP contribution in [-0.2, 0) is 7.05 Å². The number of hydrogen-bond donors (Lipinski definition) is 1.